The molecule has 0 saturated carbocycles. The number of nitrogens with zero attached hydrogens (tertiary/aromatic N) is 1. The fourth-order valence-electron chi connectivity index (χ4n) is 1.28. The van der Waals surface area contributed by atoms with Gasteiger partial charge < -0.3 is 5.11 Å². The molecule has 0 fully saturated rings. The molecule has 0 unspecified atom stereocenters. The minimum atomic E-state index is -1.17. The molecule has 0 aliphatic rings. The lowest BCUT2D eigenvalue weighted by molar-refractivity contribution is 0.0774. The first-order valence-corrected chi connectivity index (χ1v) is 4.77. The van der Waals surface area contributed by atoms with E-state index < -0.39 is 11.4 Å². The van der Waals surface area contributed by atoms with E-state index in [1.54, 1.807) is 13.8 Å². The van der Waals surface area contributed by atoms with Crippen LogP contribution in [0, 0.1) is 17.1 Å². The summed E-state index contributed by atoms with van der Waals surface area (Å²) in [6.45, 7) is 3.09. The van der Waals surface area contributed by atoms with Gasteiger partial charge in [0.2, 0.25) is 0 Å². The Balaban J connectivity index is 3.51. The molecule has 0 radical (unpaired) electrons. The van der Waals surface area contributed by atoms with E-state index in [1.807, 2.05) is 6.07 Å². The van der Waals surface area contributed by atoms with Gasteiger partial charge in [-0.25, -0.2) is 4.39 Å². The molecule has 0 aliphatic heterocycles. The summed E-state index contributed by atoms with van der Waals surface area (Å²) in [7, 11) is 0. The van der Waals surface area contributed by atoms with E-state index in [-0.39, 0.29) is 5.56 Å². The summed E-state index contributed by atoms with van der Waals surface area (Å²) in [5, 5.41) is 18.6. The molecule has 14 heavy (non-hydrogen) atoms. The highest BCUT2D eigenvalue weighted by molar-refractivity contribution is 9.10. The van der Waals surface area contributed by atoms with Gasteiger partial charge in [-0.15, -0.1) is 0 Å². The molecule has 0 atom stereocenters. The summed E-state index contributed by atoms with van der Waals surface area (Å²) in [4.78, 5) is 0. The monoisotopic (exact) mass is 257 g/mol. The second-order valence-corrected chi connectivity index (χ2v) is 4.34. The van der Waals surface area contributed by atoms with Gasteiger partial charge in [0.1, 0.15) is 5.82 Å². The average molecular weight is 258 g/mol. The summed E-state index contributed by atoms with van der Waals surface area (Å²) in [6.07, 6.45) is 0. The van der Waals surface area contributed by atoms with Crippen molar-refractivity contribution in [3.63, 3.8) is 0 Å². The Bertz CT molecular complexity index is 404. The van der Waals surface area contributed by atoms with Crippen LogP contribution < -0.4 is 0 Å². The first-order valence-electron chi connectivity index (χ1n) is 3.98. The third-order valence-corrected chi connectivity index (χ3v) is 2.41. The van der Waals surface area contributed by atoms with Crippen LogP contribution >= 0.6 is 15.9 Å². The van der Waals surface area contributed by atoms with Crippen molar-refractivity contribution in [3.8, 4) is 6.07 Å². The molecule has 0 amide bonds. The summed E-state index contributed by atoms with van der Waals surface area (Å²) < 4.78 is 13.3. The van der Waals surface area contributed by atoms with Gasteiger partial charge in [0.25, 0.3) is 0 Å². The predicted octanol–water partition coefficient (Wildman–Crippen LogP) is 2.69. The molecular formula is C10H9BrFNO. The molecule has 0 spiro atoms. The van der Waals surface area contributed by atoms with Crippen LogP contribution in [-0.2, 0) is 5.60 Å². The van der Waals surface area contributed by atoms with Crippen LogP contribution in [0.3, 0.4) is 0 Å². The van der Waals surface area contributed by atoms with E-state index in [0.717, 1.165) is 6.07 Å². The van der Waals surface area contributed by atoms with Gasteiger partial charge in [-0.3, -0.25) is 0 Å². The summed E-state index contributed by atoms with van der Waals surface area (Å²) >= 11 is 3.12. The van der Waals surface area contributed by atoms with Crippen LogP contribution in [0.1, 0.15) is 25.0 Å². The van der Waals surface area contributed by atoms with Crippen molar-refractivity contribution in [1.29, 1.82) is 5.26 Å². The van der Waals surface area contributed by atoms with Crippen molar-refractivity contribution in [3.05, 3.63) is 33.5 Å². The van der Waals surface area contributed by atoms with Gasteiger partial charge in [0, 0.05) is 10.0 Å². The topological polar surface area (TPSA) is 44.0 Å². The SMILES string of the molecule is CC(C)(O)c1c(Br)cc(F)cc1C#N. The molecule has 2 nitrogen and oxygen atoms in total. The Kier molecular flexibility index (Phi) is 2.93. The zero-order valence-corrected chi connectivity index (χ0v) is 9.39. The van der Waals surface area contributed by atoms with E-state index >= 15 is 0 Å². The Morgan fingerprint density at radius 2 is 2.07 bits per heavy atom. The van der Waals surface area contributed by atoms with Crippen LogP contribution in [0.4, 0.5) is 4.39 Å². The second-order valence-electron chi connectivity index (χ2n) is 3.48. The van der Waals surface area contributed by atoms with Crippen LogP contribution in [-0.4, -0.2) is 5.11 Å². The van der Waals surface area contributed by atoms with E-state index in [1.165, 1.54) is 6.07 Å². The first kappa shape index (κ1) is 11.2. The largest absolute Gasteiger partial charge is 0.386 e. The molecule has 0 aliphatic carbocycles. The molecule has 0 aromatic heterocycles. The number of halogens is 2. The van der Waals surface area contributed by atoms with Gasteiger partial charge >= 0.3 is 0 Å². The molecular weight excluding hydrogens is 249 g/mol. The maximum Gasteiger partial charge on any atom is 0.125 e. The van der Waals surface area contributed by atoms with Gasteiger partial charge in [0.05, 0.1) is 17.2 Å². The van der Waals surface area contributed by atoms with Crippen LogP contribution in [0.5, 0.6) is 0 Å². The maximum atomic E-state index is 12.9. The fraction of sp³-hybridized carbons (Fsp3) is 0.300. The second kappa shape index (κ2) is 3.68. The predicted molar refractivity (Wildman–Crippen MR) is 54.1 cm³/mol. The normalized spacial score (nSPS) is 11.1. The van der Waals surface area contributed by atoms with Gasteiger partial charge in [-0.05, 0) is 26.0 Å². The first-order chi connectivity index (χ1) is 6.36. The van der Waals surface area contributed by atoms with Crippen molar-refractivity contribution in [2.24, 2.45) is 0 Å². The Labute approximate surface area is 90.1 Å². The van der Waals surface area contributed by atoms with Gasteiger partial charge in [-0.2, -0.15) is 5.26 Å². The van der Waals surface area contributed by atoms with Crippen LogP contribution in [0.25, 0.3) is 0 Å². The molecule has 0 bridgehead atoms. The summed E-state index contributed by atoms with van der Waals surface area (Å²) in [5.74, 6) is -0.499. The standard InChI is InChI=1S/C10H9BrFNO/c1-10(2,14)9-6(5-13)3-7(12)4-8(9)11/h3-4,14H,1-2H3. The van der Waals surface area contributed by atoms with Crippen LogP contribution in [0.2, 0.25) is 0 Å². The van der Waals surface area contributed by atoms with Crippen LogP contribution in [0.15, 0.2) is 16.6 Å². The molecule has 74 valence electrons. The maximum absolute atomic E-state index is 12.9. The number of nitriles is 1. The smallest absolute Gasteiger partial charge is 0.125 e. The summed E-state index contributed by atoms with van der Waals surface area (Å²) in [5.41, 5.74) is -0.622. The fourth-order valence-corrected chi connectivity index (χ4v) is 2.20. The number of aliphatic hydroxyl groups is 1. The zero-order chi connectivity index (χ0) is 10.9. The molecule has 0 saturated heterocycles. The molecule has 1 rings (SSSR count). The lowest BCUT2D eigenvalue weighted by atomic mass is 9.94. The Morgan fingerprint density at radius 3 is 2.50 bits per heavy atom. The zero-order valence-electron chi connectivity index (χ0n) is 7.81. The molecule has 1 N–H and O–H groups in total. The number of hydrogen-bond acceptors (Lipinski definition) is 2. The lowest BCUT2D eigenvalue weighted by Crippen LogP contribution is -2.18. The Hall–Kier alpha value is -0.920. The van der Waals surface area contributed by atoms with Crippen molar-refractivity contribution < 1.29 is 9.50 Å². The summed E-state index contributed by atoms with van der Waals surface area (Å²) in [6, 6.07) is 4.19. The third kappa shape index (κ3) is 2.11. The molecule has 4 heteroatoms. The van der Waals surface area contributed by atoms with Crippen molar-refractivity contribution in [2.45, 2.75) is 19.4 Å². The van der Waals surface area contributed by atoms with Crippen molar-refractivity contribution in [1.82, 2.24) is 0 Å². The minimum Gasteiger partial charge on any atom is -0.386 e. The average Bonchev–Trinajstić information content (AvgIpc) is 1.99. The number of rotatable bonds is 1. The van der Waals surface area contributed by atoms with E-state index in [2.05, 4.69) is 15.9 Å². The Morgan fingerprint density at radius 1 is 1.50 bits per heavy atom. The van der Waals surface area contributed by atoms with Crippen molar-refractivity contribution >= 4 is 15.9 Å². The van der Waals surface area contributed by atoms with Crippen molar-refractivity contribution in [2.75, 3.05) is 0 Å². The minimum absolute atomic E-state index is 0.143. The van der Waals surface area contributed by atoms with E-state index in [4.69, 9.17) is 5.26 Å². The number of hydrogen-bond donors (Lipinski definition) is 1. The van der Waals surface area contributed by atoms with Gasteiger partial charge in [-0.1, -0.05) is 15.9 Å². The third-order valence-electron chi connectivity index (χ3n) is 1.79. The highest BCUT2D eigenvalue weighted by atomic mass is 79.9. The quantitative estimate of drug-likeness (QED) is 0.841. The highest BCUT2D eigenvalue weighted by Gasteiger charge is 2.23. The molecule has 1 aromatic rings. The lowest BCUT2D eigenvalue weighted by Gasteiger charge is -2.20. The molecule has 1 aromatic carbocycles. The van der Waals surface area contributed by atoms with E-state index in [0.29, 0.717) is 10.0 Å². The highest BCUT2D eigenvalue weighted by Crippen LogP contribution is 2.31. The van der Waals surface area contributed by atoms with Gasteiger partial charge in [0.15, 0.2) is 0 Å². The van der Waals surface area contributed by atoms with E-state index in [9.17, 15) is 9.50 Å². The molecule has 0 heterocycles. The number of benzene rings is 1.